The van der Waals surface area contributed by atoms with Crippen molar-refractivity contribution in [2.75, 3.05) is 12.9 Å². The van der Waals surface area contributed by atoms with Gasteiger partial charge in [0.1, 0.15) is 0 Å². The molecular formula is C17H32O2S. The second kappa shape index (κ2) is 10.7. The Hall–Kier alpha value is -0.0200. The van der Waals surface area contributed by atoms with E-state index in [4.69, 9.17) is 4.74 Å². The first-order valence-electron chi connectivity index (χ1n) is 8.47. The van der Waals surface area contributed by atoms with Crippen molar-refractivity contribution < 1.29 is 9.53 Å². The second-order valence-corrected chi connectivity index (χ2v) is 6.84. The number of hydrogen-bond donors (Lipinski definition) is 0. The number of unbranched alkanes of at least 4 members (excludes halogenated alkanes) is 10. The summed E-state index contributed by atoms with van der Waals surface area (Å²) in [6, 6.07) is 0. The maximum absolute atomic E-state index is 11.6. The lowest BCUT2D eigenvalue weighted by molar-refractivity contribution is -0.115. The van der Waals surface area contributed by atoms with E-state index in [1.54, 1.807) is 0 Å². The third kappa shape index (κ3) is 7.12. The molecule has 1 heterocycles. The molecule has 0 bridgehead atoms. The van der Waals surface area contributed by atoms with E-state index in [0.29, 0.717) is 6.61 Å². The molecule has 0 saturated carbocycles. The Morgan fingerprint density at radius 3 is 1.80 bits per heavy atom. The summed E-state index contributed by atoms with van der Waals surface area (Å²) in [4.78, 5) is 11.6. The van der Waals surface area contributed by atoms with E-state index in [0.717, 1.165) is 12.8 Å². The average Bonchev–Trinajstić information content (AvgIpc) is 3.25. The highest BCUT2D eigenvalue weighted by atomic mass is 32.2. The number of carbonyl (C=O) groups is 1. The molecule has 0 radical (unpaired) electrons. The van der Waals surface area contributed by atoms with Crippen molar-refractivity contribution in [1.29, 1.82) is 0 Å². The molecule has 0 spiro atoms. The zero-order valence-electron chi connectivity index (χ0n) is 13.4. The van der Waals surface area contributed by atoms with E-state index in [1.807, 2.05) is 6.26 Å². The van der Waals surface area contributed by atoms with Crippen LogP contribution in [0.4, 0.5) is 0 Å². The second-order valence-electron chi connectivity index (χ2n) is 6.06. The van der Waals surface area contributed by atoms with Gasteiger partial charge < -0.3 is 4.74 Å². The number of epoxide rings is 1. The number of ether oxygens (including phenoxy) is 1. The lowest BCUT2D eigenvalue weighted by atomic mass is 10.0. The fourth-order valence-corrected chi connectivity index (χ4v) is 3.30. The van der Waals surface area contributed by atoms with Gasteiger partial charge >= 0.3 is 0 Å². The van der Waals surface area contributed by atoms with Crippen LogP contribution in [0.15, 0.2) is 0 Å². The van der Waals surface area contributed by atoms with Crippen molar-refractivity contribution in [2.24, 2.45) is 0 Å². The molecular weight excluding hydrogens is 268 g/mol. The first-order chi connectivity index (χ1) is 9.75. The van der Waals surface area contributed by atoms with Crippen LogP contribution in [0.2, 0.25) is 0 Å². The Labute approximate surface area is 129 Å². The Kier molecular flexibility index (Phi) is 9.62. The smallest absolute Gasteiger partial charge is 0.222 e. The quantitative estimate of drug-likeness (QED) is 0.339. The van der Waals surface area contributed by atoms with Crippen LogP contribution in [0.1, 0.15) is 84.0 Å². The largest absolute Gasteiger partial charge is 0.360 e. The van der Waals surface area contributed by atoms with Crippen LogP contribution < -0.4 is 0 Å². The maximum Gasteiger partial charge on any atom is 0.222 e. The molecule has 1 aliphatic rings. The zero-order valence-corrected chi connectivity index (χ0v) is 14.2. The maximum atomic E-state index is 11.6. The molecule has 1 rings (SSSR count). The minimum absolute atomic E-state index is 0.226. The lowest BCUT2D eigenvalue weighted by Crippen LogP contribution is -2.21. The Bertz CT molecular complexity index is 262. The first-order valence-corrected chi connectivity index (χ1v) is 9.70. The van der Waals surface area contributed by atoms with E-state index in [9.17, 15) is 4.79 Å². The van der Waals surface area contributed by atoms with Gasteiger partial charge in [0.2, 0.25) is 5.12 Å². The molecule has 0 N–H and O–H groups in total. The van der Waals surface area contributed by atoms with Crippen LogP contribution >= 0.6 is 11.8 Å². The first kappa shape index (κ1) is 18.0. The van der Waals surface area contributed by atoms with Gasteiger partial charge in [0.05, 0.1) is 6.61 Å². The van der Waals surface area contributed by atoms with Crippen LogP contribution in [0.3, 0.4) is 0 Å². The van der Waals surface area contributed by atoms with Gasteiger partial charge in [-0.15, -0.1) is 0 Å². The topological polar surface area (TPSA) is 29.6 Å². The Morgan fingerprint density at radius 2 is 1.40 bits per heavy atom. The van der Waals surface area contributed by atoms with E-state index in [-0.39, 0.29) is 10.7 Å². The van der Waals surface area contributed by atoms with E-state index >= 15 is 0 Å². The minimum Gasteiger partial charge on any atom is -0.360 e. The van der Waals surface area contributed by atoms with Gasteiger partial charge in [-0.05, 0) is 19.1 Å². The molecule has 1 aliphatic heterocycles. The van der Waals surface area contributed by atoms with Gasteiger partial charge in [0.15, 0.2) is 5.60 Å². The molecule has 1 unspecified atom stereocenters. The van der Waals surface area contributed by atoms with Crippen molar-refractivity contribution >= 4 is 16.9 Å². The van der Waals surface area contributed by atoms with Crippen molar-refractivity contribution in [3.63, 3.8) is 0 Å². The van der Waals surface area contributed by atoms with Crippen LogP contribution in [0.25, 0.3) is 0 Å². The van der Waals surface area contributed by atoms with Gasteiger partial charge in [0, 0.05) is 0 Å². The average molecular weight is 301 g/mol. The predicted octanol–water partition coefficient (Wildman–Crippen LogP) is 5.35. The van der Waals surface area contributed by atoms with Gasteiger partial charge in [-0.3, -0.25) is 4.79 Å². The molecule has 0 aromatic rings. The van der Waals surface area contributed by atoms with E-state index in [1.165, 1.54) is 76.0 Å². The van der Waals surface area contributed by atoms with Gasteiger partial charge in [0.25, 0.3) is 0 Å². The third-order valence-electron chi connectivity index (χ3n) is 4.23. The molecule has 0 aromatic heterocycles. The fraction of sp³-hybridized carbons (Fsp3) is 0.941. The molecule has 1 atom stereocenters. The van der Waals surface area contributed by atoms with E-state index in [2.05, 4.69) is 6.92 Å². The van der Waals surface area contributed by atoms with Crippen LogP contribution in [-0.4, -0.2) is 23.6 Å². The highest BCUT2D eigenvalue weighted by Gasteiger charge is 2.50. The number of rotatable bonds is 13. The number of carbonyl (C=O) groups excluding carboxylic acids is 1. The Balaban J connectivity index is 1.82. The summed E-state index contributed by atoms with van der Waals surface area (Å²) < 4.78 is 5.37. The summed E-state index contributed by atoms with van der Waals surface area (Å²) in [7, 11) is 0. The van der Waals surface area contributed by atoms with E-state index < -0.39 is 0 Å². The van der Waals surface area contributed by atoms with Crippen LogP contribution in [-0.2, 0) is 9.53 Å². The standard InChI is InChI=1S/C17H32O2S/c1-3-4-5-6-7-8-9-10-11-12-13-14-17(15-19-17)16(18)20-2/h3-15H2,1-2H3. The molecule has 1 fully saturated rings. The molecule has 3 heteroatoms. The van der Waals surface area contributed by atoms with Crippen LogP contribution in [0.5, 0.6) is 0 Å². The molecule has 118 valence electrons. The highest BCUT2D eigenvalue weighted by molar-refractivity contribution is 8.13. The lowest BCUT2D eigenvalue weighted by Gasteiger charge is -2.08. The normalized spacial score (nSPS) is 21.1. The summed E-state index contributed by atoms with van der Waals surface area (Å²) in [5.74, 6) is 0. The fourth-order valence-electron chi connectivity index (χ4n) is 2.71. The van der Waals surface area contributed by atoms with Gasteiger partial charge in [-0.2, -0.15) is 0 Å². The number of thioether (sulfide) groups is 1. The van der Waals surface area contributed by atoms with Crippen molar-refractivity contribution in [1.82, 2.24) is 0 Å². The van der Waals surface area contributed by atoms with Gasteiger partial charge in [-0.1, -0.05) is 82.9 Å². The van der Waals surface area contributed by atoms with Gasteiger partial charge in [-0.25, -0.2) is 0 Å². The molecule has 0 aromatic carbocycles. The highest BCUT2D eigenvalue weighted by Crippen LogP contribution is 2.37. The summed E-state index contributed by atoms with van der Waals surface area (Å²) in [5, 5.41) is 0.226. The van der Waals surface area contributed by atoms with Crippen molar-refractivity contribution in [2.45, 2.75) is 89.6 Å². The summed E-state index contributed by atoms with van der Waals surface area (Å²) >= 11 is 1.31. The molecule has 1 saturated heterocycles. The molecule has 0 amide bonds. The van der Waals surface area contributed by atoms with Crippen molar-refractivity contribution in [3.8, 4) is 0 Å². The zero-order chi connectivity index (χ0) is 14.7. The molecule has 20 heavy (non-hydrogen) atoms. The summed E-state index contributed by atoms with van der Waals surface area (Å²) in [5.41, 5.74) is -0.376. The monoisotopic (exact) mass is 300 g/mol. The third-order valence-corrected chi connectivity index (χ3v) is 4.98. The summed E-state index contributed by atoms with van der Waals surface area (Å²) in [6.45, 7) is 2.92. The summed E-state index contributed by atoms with van der Waals surface area (Å²) in [6.07, 6.45) is 17.6. The number of hydrogen-bond acceptors (Lipinski definition) is 3. The minimum atomic E-state index is -0.376. The van der Waals surface area contributed by atoms with Crippen LogP contribution in [0, 0.1) is 0 Å². The SMILES string of the molecule is CCCCCCCCCCCCCC1(C(=O)SC)CO1. The molecule has 0 aliphatic carbocycles. The molecule has 2 nitrogen and oxygen atoms in total. The predicted molar refractivity (Wildman–Crippen MR) is 88.3 cm³/mol. The van der Waals surface area contributed by atoms with Crippen molar-refractivity contribution in [3.05, 3.63) is 0 Å². The Morgan fingerprint density at radius 1 is 0.950 bits per heavy atom.